The molecule has 1 aliphatic heterocycles. The van der Waals surface area contributed by atoms with E-state index in [0.717, 1.165) is 10.5 Å². The van der Waals surface area contributed by atoms with E-state index in [-0.39, 0.29) is 0 Å². The van der Waals surface area contributed by atoms with E-state index in [9.17, 15) is 9.59 Å². The minimum absolute atomic E-state index is 0.608. The number of carboxylic acids is 1. The number of cyclic esters (lactones) is 1. The molecule has 0 bridgehead atoms. The van der Waals surface area contributed by atoms with Crippen molar-refractivity contribution in [2.24, 2.45) is 0 Å². The number of aryl methyl sites for hydroxylation is 1. The number of rotatable bonds is 2. The van der Waals surface area contributed by atoms with Crippen LogP contribution in [0.2, 0.25) is 0 Å². The van der Waals surface area contributed by atoms with Gasteiger partial charge in [0.2, 0.25) is 0 Å². The van der Waals surface area contributed by atoms with Crippen LogP contribution in [-0.4, -0.2) is 35.2 Å². The highest BCUT2D eigenvalue weighted by Crippen LogP contribution is 2.31. The lowest BCUT2D eigenvalue weighted by atomic mass is 10.0. The van der Waals surface area contributed by atoms with Crippen molar-refractivity contribution < 1.29 is 19.4 Å². The fraction of sp³-hybridized carbons (Fsp3) is 0.333. The van der Waals surface area contributed by atoms with Crippen molar-refractivity contribution in [1.82, 2.24) is 4.90 Å². The summed E-state index contributed by atoms with van der Waals surface area (Å²) in [6.07, 6.45) is -1.35. The molecule has 5 nitrogen and oxygen atoms in total. The molecule has 5 heteroatoms. The Morgan fingerprint density at radius 3 is 2.47 bits per heavy atom. The van der Waals surface area contributed by atoms with Crippen molar-refractivity contribution in [3.8, 4) is 0 Å². The first kappa shape index (κ1) is 11.4. The van der Waals surface area contributed by atoms with Crippen LogP contribution in [0.25, 0.3) is 0 Å². The largest absolute Gasteiger partial charge is 0.480 e. The summed E-state index contributed by atoms with van der Waals surface area (Å²) in [5.41, 5.74) is 1.76. The number of nitrogens with zero attached hydrogens (tertiary/aromatic N) is 1. The van der Waals surface area contributed by atoms with Crippen LogP contribution >= 0.6 is 0 Å². The average molecular weight is 235 g/mol. The van der Waals surface area contributed by atoms with Gasteiger partial charge in [-0.2, -0.15) is 0 Å². The monoisotopic (exact) mass is 235 g/mol. The molecule has 0 saturated carbocycles. The summed E-state index contributed by atoms with van der Waals surface area (Å²) >= 11 is 0. The summed E-state index contributed by atoms with van der Waals surface area (Å²) in [4.78, 5) is 23.6. The normalized spacial score (nSPS) is 23.6. The van der Waals surface area contributed by atoms with E-state index in [1.165, 1.54) is 7.05 Å². The highest BCUT2D eigenvalue weighted by Gasteiger charge is 2.45. The van der Waals surface area contributed by atoms with Gasteiger partial charge in [0.25, 0.3) is 0 Å². The number of carbonyl (C=O) groups excluding carboxylic acids is 1. The second-order valence-electron chi connectivity index (χ2n) is 4.11. The van der Waals surface area contributed by atoms with Crippen LogP contribution in [0.15, 0.2) is 24.3 Å². The van der Waals surface area contributed by atoms with Crippen LogP contribution < -0.4 is 0 Å². The first-order valence-corrected chi connectivity index (χ1v) is 5.23. The molecule has 1 aromatic rings. The number of hydrogen-bond acceptors (Lipinski definition) is 3. The van der Waals surface area contributed by atoms with Gasteiger partial charge in [-0.3, -0.25) is 4.90 Å². The van der Waals surface area contributed by atoms with Gasteiger partial charge in [-0.15, -0.1) is 0 Å². The summed E-state index contributed by atoms with van der Waals surface area (Å²) in [6.45, 7) is 1.94. The fourth-order valence-corrected chi connectivity index (χ4v) is 1.87. The van der Waals surface area contributed by atoms with E-state index < -0.39 is 24.2 Å². The smallest absolute Gasteiger partial charge is 0.411 e. The maximum absolute atomic E-state index is 11.4. The Bertz CT molecular complexity index is 454. The topological polar surface area (TPSA) is 66.8 Å². The van der Waals surface area contributed by atoms with Crippen molar-refractivity contribution in [3.63, 3.8) is 0 Å². The molecule has 0 aromatic heterocycles. The second-order valence-corrected chi connectivity index (χ2v) is 4.11. The predicted molar refractivity (Wildman–Crippen MR) is 59.6 cm³/mol. The maximum Gasteiger partial charge on any atom is 0.411 e. The molecular formula is C12H13NO4. The molecule has 1 heterocycles. The molecular weight excluding hydrogens is 222 g/mol. The number of ether oxygens (including phenoxy) is 1. The molecule has 1 amide bonds. The van der Waals surface area contributed by atoms with Gasteiger partial charge in [0, 0.05) is 7.05 Å². The van der Waals surface area contributed by atoms with E-state index in [0.29, 0.717) is 5.56 Å². The molecule has 1 fully saturated rings. The van der Waals surface area contributed by atoms with Crippen LogP contribution in [-0.2, 0) is 9.53 Å². The number of carboxylic acid groups (broad SMARTS) is 1. The van der Waals surface area contributed by atoms with E-state index in [2.05, 4.69) is 0 Å². The Kier molecular flexibility index (Phi) is 2.75. The molecule has 2 rings (SSSR count). The summed E-state index contributed by atoms with van der Waals surface area (Å²) in [5.74, 6) is -1.07. The molecule has 1 aliphatic rings. The lowest BCUT2D eigenvalue weighted by Gasteiger charge is -2.17. The molecule has 2 atom stereocenters. The Balaban J connectivity index is 2.34. The molecule has 90 valence electrons. The van der Waals surface area contributed by atoms with E-state index in [1.54, 1.807) is 12.1 Å². The zero-order valence-electron chi connectivity index (χ0n) is 9.58. The van der Waals surface area contributed by atoms with Gasteiger partial charge in [-0.25, -0.2) is 9.59 Å². The van der Waals surface area contributed by atoms with Crippen LogP contribution in [0.5, 0.6) is 0 Å². The maximum atomic E-state index is 11.4. The third-order valence-corrected chi connectivity index (χ3v) is 2.88. The van der Waals surface area contributed by atoms with Gasteiger partial charge >= 0.3 is 12.1 Å². The third kappa shape index (κ3) is 1.95. The van der Waals surface area contributed by atoms with Crippen molar-refractivity contribution in [2.75, 3.05) is 7.05 Å². The highest BCUT2D eigenvalue weighted by molar-refractivity contribution is 5.84. The lowest BCUT2D eigenvalue weighted by molar-refractivity contribution is -0.142. The molecule has 17 heavy (non-hydrogen) atoms. The molecule has 0 spiro atoms. The van der Waals surface area contributed by atoms with E-state index in [1.807, 2.05) is 19.1 Å². The predicted octanol–water partition coefficient (Wildman–Crippen LogP) is 1.57. The minimum atomic E-state index is -1.07. The molecule has 0 radical (unpaired) electrons. The van der Waals surface area contributed by atoms with Crippen molar-refractivity contribution in [3.05, 3.63) is 35.4 Å². The number of likely N-dealkylation sites (N-methyl/N-ethyl adjacent to an activating group) is 1. The molecule has 0 aliphatic carbocycles. The highest BCUT2D eigenvalue weighted by atomic mass is 16.6. The standard InChI is InChI=1S/C12H13NO4/c1-7-3-5-8(6-4-7)10-9(11(14)15)13(2)12(16)17-10/h3-6,9-10H,1-2H3,(H,14,15). The quantitative estimate of drug-likeness (QED) is 0.844. The van der Waals surface area contributed by atoms with Gasteiger partial charge in [-0.1, -0.05) is 29.8 Å². The van der Waals surface area contributed by atoms with Gasteiger partial charge in [0.1, 0.15) is 0 Å². The number of amides is 1. The lowest BCUT2D eigenvalue weighted by Crippen LogP contribution is -2.37. The van der Waals surface area contributed by atoms with Crippen LogP contribution in [0, 0.1) is 6.92 Å². The first-order valence-electron chi connectivity index (χ1n) is 5.23. The number of aliphatic carboxylic acids is 1. The van der Waals surface area contributed by atoms with Gasteiger partial charge in [0.05, 0.1) is 0 Å². The summed E-state index contributed by atoms with van der Waals surface area (Å²) in [5, 5.41) is 9.11. The fourth-order valence-electron chi connectivity index (χ4n) is 1.87. The first-order chi connectivity index (χ1) is 8.00. The second kappa shape index (κ2) is 4.08. The summed E-state index contributed by atoms with van der Waals surface area (Å²) in [7, 11) is 1.43. The number of carbonyl (C=O) groups is 2. The minimum Gasteiger partial charge on any atom is -0.480 e. The molecule has 1 aromatic carbocycles. The summed E-state index contributed by atoms with van der Waals surface area (Å²) < 4.78 is 5.08. The van der Waals surface area contributed by atoms with Crippen LogP contribution in [0.3, 0.4) is 0 Å². The third-order valence-electron chi connectivity index (χ3n) is 2.88. The Morgan fingerprint density at radius 2 is 1.94 bits per heavy atom. The molecule has 2 unspecified atom stereocenters. The zero-order valence-corrected chi connectivity index (χ0v) is 9.58. The van der Waals surface area contributed by atoms with Crippen LogP contribution in [0.1, 0.15) is 17.2 Å². The van der Waals surface area contributed by atoms with E-state index >= 15 is 0 Å². The zero-order chi connectivity index (χ0) is 12.6. The van der Waals surface area contributed by atoms with Gasteiger partial charge < -0.3 is 9.84 Å². The number of benzene rings is 1. The Hall–Kier alpha value is -2.04. The van der Waals surface area contributed by atoms with Gasteiger partial charge in [0.15, 0.2) is 12.1 Å². The summed E-state index contributed by atoms with van der Waals surface area (Å²) in [6, 6.07) is 6.32. The van der Waals surface area contributed by atoms with Crippen molar-refractivity contribution in [2.45, 2.75) is 19.1 Å². The molecule has 1 saturated heterocycles. The Morgan fingerprint density at radius 1 is 1.35 bits per heavy atom. The SMILES string of the molecule is Cc1ccc(C2OC(=O)N(C)C2C(=O)O)cc1. The Labute approximate surface area is 98.6 Å². The number of hydrogen-bond donors (Lipinski definition) is 1. The van der Waals surface area contributed by atoms with Crippen LogP contribution in [0.4, 0.5) is 4.79 Å². The van der Waals surface area contributed by atoms with E-state index in [4.69, 9.17) is 9.84 Å². The van der Waals surface area contributed by atoms with Crippen molar-refractivity contribution in [1.29, 1.82) is 0 Å². The average Bonchev–Trinajstić information content (AvgIpc) is 2.56. The van der Waals surface area contributed by atoms with Gasteiger partial charge in [-0.05, 0) is 12.5 Å². The molecule has 1 N–H and O–H groups in total. The van der Waals surface area contributed by atoms with Crippen molar-refractivity contribution >= 4 is 12.1 Å².